The van der Waals surface area contributed by atoms with Crippen LogP contribution in [0.1, 0.15) is 40.5 Å². The van der Waals surface area contributed by atoms with E-state index in [2.05, 4.69) is 4.72 Å². The molecule has 0 amide bonds. The summed E-state index contributed by atoms with van der Waals surface area (Å²) in [4.78, 5) is 0. The Bertz CT molecular complexity index is 727. The van der Waals surface area contributed by atoms with Gasteiger partial charge in [0.25, 0.3) is 0 Å². The monoisotopic (exact) mass is 353 g/mol. The summed E-state index contributed by atoms with van der Waals surface area (Å²) in [6.07, 6.45) is 1.44. The van der Waals surface area contributed by atoms with Gasteiger partial charge in [0, 0.05) is 11.5 Å². The minimum atomic E-state index is -3.30. The minimum Gasteiger partial charge on any atom is -0.497 e. The first-order valence-corrected chi connectivity index (χ1v) is 9.65. The van der Waals surface area contributed by atoms with Crippen molar-refractivity contribution in [3.8, 4) is 5.75 Å². The standard InChI is InChI=1S/C16H24BNO5S/c1-15(2)16(3,4)23-17(22-15)13-9-6-11(10-14(13)21-5)18-24(19,20)12-7-8-12/h6,9-10,12,18H,7-8H2,1-5H3. The molecule has 1 aromatic carbocycles. The zero-order valence-corrected chi connectivity index (χ0v) is 15.6. The number of sulfonamides is 1. The maximum atomic E-state index is 12.1. The number of nitrogens with one attached hydrogen (secondary N) is 1. The highest BCUT2D eigenvalue weighted by atomic mass is 32.2. The summed E-state index contributed by atoms with van der Waals surface area (Å²) >= 11 is 0. The molecule has 0 radical (unpaired) electrons. The summed E-state index contributed by atoms with van der Waals surface area (Å²) in [5.74, 6) is 0.532. The summed E-state index contributed by atoms with van der Waals surface area (Å²) in [6, 6.07) is 5.16. The highest BCUT2D eigenvalue weighted by Crippen LogP contribution is 2.37. The van der Waals surface area contributed by atoms with Gasteiger partial charge in [0.15, 0.2) is 0 Å². The molecule has 1 aliphatic carbocycles. The number of benzene rings is 1. The van der Waals surface area contributed by atoms with Crippen molar-refractivity contribution in [2.45, 2.75) is 57.0 Å². The normalized spacial score (nSPS) is 22.5. The quantitative estimate of drug-likeness (QED) is 0.819. The molecule has 1 heterocycles. The average molecular weight is 353 g/mol. The van der Waals surface area contributed by atoms with E-state index >= 15 is 0 Å². The third kappa shape index (κ3) is 3.14. The maximum absolute atomic E-state index is 12.1. The predicted octanol–water partition coefficient (Wildman–Crippen LogP) is 1.90. The molecule has 1 saturated carbocycles. The Morgan fingerprint density at radius 3 is 2.25 bits per heavy atom. The largest absolute Gasteiger partial charge is 0.498 e. The zero-order chi connectivity index (χ0) is 17.8. The fraction of sp³-hybridized carbons (Fsp3) is 0.625. The Balaban J connectivity index is 1.85. The molecule has 2 fully saturated rings. The van der Waals surface area contributed by atoms with Gasteiger partial charge in [-0.1, -0.05) is 6.07 Å². The van der Waals surface area contributed by atoms with E-state index in [4.69, 9.17) is 14.0 Å². The topological polar surface area (TPSA) is 73.9 Å². The van der Waals surface area contributed by atoms with Crippen LogP contribution in [0.5, 0.6) is 5.75 Å². The molecule has 1 N–H and O–H groups in total. The molecule has 24 heavy (non-hydrogen) atoms. The first kappa shape index (κ1) is 17.6. The highest BCUT2D eigenvalue weighted by molar-refractivity contribution is 7.93. The van der Waals surface area contributed by atoms with E-state index in [0.717, 1.165) is 18.3 Å². The minimum absolute atomic E-state index is 0.272. The van der Waals surface area contributed by atoms with Crippen molar-refractivity contribution in [3.63, 3.8) is 0 Å². The molecule has 1 saturated heterocycles. The lowest BCUT2D eigenvalue weighted by Gasteiger charge is -2.32. The van der Waals surface area contributed by atoms with Crippen LogP contribution >= 0.6 is 0 Å². The summed E-state index contributed by atoms with van der Waals surface area (Å²) in [5.41, 5.74) is 0.327. The van der Waals surface area contributed by atoms with Crippen molar-refractivity contribution < 1.29 is 22.5 Å². The van der Waals surface area contributed by atoms with Crippen LogP contribution in [0.15, 0.2) is 18.2 Å². The molecule has 0 bridgehead atoms. The second-order valence-electron chi connectivity index (χ2n) is 7.39. The Labute approximate surface area is 144 Å². The van der Waals surface area contributed by atoms with Gasteiger partial charge in [0.1, 0.15) is 5.75 Å². The fourth-order valence-corrected chi connectivity index (χ4v) is 3.94. The molecule has 6 nitrogen and oxygen atoms in total. The van der Waals surface area contributed by atoms with E-state index in [1.165, 1.54) is 0 Å². The van der Waals surface area contributed by atoms with Gasteiger partial charge in [-0.3, -0.25) is 4.72 Å². The molecule has 1 aromatic rings. The Morgan fingerprint density at radius 2 is 1.75 bits per heavy atom. The summed E-state index contributed by atoms with van der Waals surface area (Å²) in [5, 5.41) is -0.272. The SMILES string of the molecule is COc1cc(NS(=O)(=O)C2CC2)ccc1B1OC(C)(C)C(C)(C)O1. The van der Waals surface area contributed by atoms with E-state index in [9.17, 15) is 8.42 Å². The van der Waals surface area contributed by atoms with Crippen LogP contribution in [-0.2, 0) is 19.3 Å². The average Bonchev–Trinajstić information content (AvgIpc) is 3.27. The zero-order valence-electron chi connectivity index (χ0n) is 14.8. The third-order valence-corrected chi connectivity index (χ3v) is 6.83. The number of rotatable bonds is 5. The lowest BCUT2D eigenvalue weighted by atomic mass is 9.78. The van der Waals surface area contributed by atoms with Gasteiger partial charge in [0.05, 0.1) is 29.2 Å². The van der Waals surface area contributed by atoms with Gasteiger partial charge in [0.2, 0.25) is 10.0 Å². The number of hydrogen-bond donors (Lipinski definition) is 1. The third-order valence-electron chi connectivity index (χ3n) is 4.96. The second-order valence-corrected chi connectivity index (χ2v) is 9.35. The van der Waals surface area contributed by atoms with Crippen LogP contribution in [0.3, 0.4) is 0 Å². The summed E-state index contributed by atoms with van der Waals surface area (Å²) < 4.78 is 44.3. The number of methoxy groups -OCH3 is 1. The number of ether oxygens (including phenoxy) is 1. The van der Waals surface area contributed by atoms with Crippen LogP contribution in [-0.4, -0.2) is 39.1 Å². The van der Waals surface area contributed by atoms with Gasteiger partial charge in [-0.15, -0.1) is 0 Å². The molecule has 3 rings (SSSR count). The van der Waals surface area contributed by atoms with Gasteiger partial charge < -0.3 is 14.0 Å². The molecule has 0 spiro atoms. The van der Waals surface area contributed by atoms with Crippen LogP contribution in [0.2, 0.25) is 0 Å². The summed E-state index contributed by atoms with van der Waals surface area (Å²) in [7, 11) is -2.31. The lowest BCUT2D eigenvalue weighted by molar-refractivity contribution is 0.00578. The maximum Gasteiger partial charge on any atom is 0.498 e. The van der Waals surface area contributed by atoms with Crippen molar-refractivity contribution in [1.29, 1.82) is 0 Å². The molecular weight excluding hydrogens is 329 g/mol. The number of hydrogen-bond acceptors (Lipinski definition) is 5. The molecule has 2 aliphatic rings. The van der Waals surface area contributed by atoms with Gasteiger partial charge in [-0.05, 0) is 46.6 Å². The van der Waals surface area contributed by atoms with Crippen molar-refractivity contribution in [1.82, 2.24) is 0 Å². The van der Waals surface area contributed by atoms with E-state index in [1.54, 1.807) is 25.3 Å². The molecule has 8 heteroatoms. The van der Waals surface area contributed by atoms with Gasteiger partial charge in [-0.2, -0.15) is 0 Å². The van der Waals surface area contributed by atoms with Crippen LogP contribution in [0.4, 0.5) is 5.69 Å². The van der Waals surface area contributed by atoms with E-state index in [0.29, 0.717) is 11.4 Å². The molecule has 1 aliphatic heterocycles. The molecule has 0 unspecified atom stereocenters. The summed E-state index contributed by atoms with van der Waals surface area (Å²) in [6.45, 7) is 7.93. The van der Waals surface area contributed by atoms with Crippen molar-refractivity contribution in [2.24, 2.45) is 0 Å². The molecular formula is C16H24BNO5S. The highest BCUT2D eigenvalue weighted by Gasteiger charge is 2.52. The van der Waals surface area contributed by atoms with Crippen molar-refractivity contribution >= 4 is 28.3 Å². The van der Waals surface area contributed by atoms with Crippen LogP contribution in [0, 0.1) is 0 Å². The van der Waals surface area contributed by atoms with E-state index in [1.807, 2.05) is 27.7 Å². The van der Waals surface area contributed by atoms with Crippen LogP contribution in [0.25, 0.3) is 0 Å². The first-order chi connectivity index (χ1) is 11.1. The molecule has 0 atom stereocenters. The fourth-order valence-electron chi connectivity index (χ4n) is 2.57. The Morgan fingerprint density at radius 1 is 1.17 bits per heavy atom. The molecule has 132 valence electrons. The first-order valence-electron chi connectivity index (χ1n) is 8.11. The lowest BCUT2D eigenvalue weighted by Crippen LogP contribution is -2.41. The van der Waals surface area contributed by atoms with Gasteiger partial charge in [-0.25, -0.2) is 8.42 Å². The van der Waals surface area contributed by atoms with Crippen LogP contribution < -0.4 is 14.9 Å². The van der Waals surface area contributed by atoms with Crippen molar-refractivity contribution in [3.05, 3.63) is 18.2 Å². The second kappa shape index (κ2) is 5.64. The molecule has 0 aromatic heterocycles. The van der Waals surface area contributed by atoms with E-state index in [-0.39, 0.29) is 5.25 Å². The van der Waals surface area contributed by atoms with Gasteiger partial charge >= 0.3 is 7.12 Å². The van der Waals surface area contributed by atoms with Crippen molar-refractivity contribution in [2.75, 3.05) is 11.8 Å². The Hall–Kier alpha value is -1.25. The Kier molecular flexibility index (Phi) is 4.13. The smallest absolute Gasteiger partial charge is 0.497 e. The number of anilines is 1. The van der Waals surface area contributed by atoms with E-state index < -0.39 is 28.3 Å². The predicted molar refractivity (Wildman–Crippen MR) is 94.3 cm³/mol.